The Kier molecular flexibility index (Phi) is 8.87. The molecule has 0 fully saturated rings. The van der Waals surface area contributed by atoms with E-state index in [1.54, 1.807) is 37.9 Å². The van der Waals surface area contributed by atoms with Crippen LogP contribution in [0.2, 0.25) is 0 Å². The SMILES string of the molecule is CCCC(CC)N(C(=O)C(C)c1ccc(C)c(N=S(=O)=O)c1)C(=S)NC. The number of nitrogens with zero attached hydrogens (tertiary/aromatic N) is 2. The zero-order valence-electron chi connectivity index (χ0n) is 15.9. The average molecular weight is 398 g/mol. The quantitative estimate of drug-likeness (QED) is 0.710. The molecule has 0 radical (unpaired) electrons. The fourth-order valence-electron chi connectivity index (χ4n) is 2.84. The van der Waals surface area contributed by atoms with Crippen molar-refractivity contribution >= 4 is 39.4 Å². The van der Waals surface area contributed by atoms with Gasteiger partial charge in [0.2, 0.25) is 5.91 Å². The Balaban J connectivity index is 3.27. The fourth-order valence-corrected chi connectivity index (χ4v) is 3.44. The lowest BCUT2D eigenvalue weighted by atomic mass is 9.96. The molecule has 0 saturated carbocycles. The maximum absolute atomic E-state index is 13.2. The van der Waals surface area contributed by atoms with E-state index < -0.39 is 16.4 Å². The molecule has 1 aromatic rings. The predicted molar refractivity (Wildman–Crippen MR) is 108 cm³/mol. The molecule has 0 aliphatic rings. The second kappa shape index (κ2) is 10.4. The van der Waals surface area contributed by atoms with Crippen LogP contribution in [0.5, 0.6) is 0 Å². The van der Waals surface area contributed by atoms with Gasteiger partial charge in [-0.25, -0.2) is 0 Å². The Bertz CT molecular complexity index is 783. The predicted octanol–water partition coefficient (Wildman–Crippen LogP) is 3.70. The largest absolute Gasteiger partial charge is 0.365 e. The van der Waals surface area contributed by atoms with E-state index in [-0.39, 0.29) is 11.9 Å². The van der Waals surface area contributed by atoms with Crippen LogP contribution in [0.1, 0.15) is 57.1 Å². The third-order valence-electron chi connectivity index (χ3n) is 4.40. The second-order valence-corrected chi connectivity index (χ2v) is 7.19. The summed E-state index contributed by atoms with van der Waals surface area (Å²) in [5.74, 6) is -0.579. The molecule has 0 saturated heterocycles. The van der Waals surface area contributed by atoms with E-state index in [1.807, 2.05) is 13.0 Å². The van der Waals surface area contributed by atoms with Gasteiger partial charge in [0.25, 0.3) is 0 Å². The van der Waals surface area contributed by atoms with Crippen LogP contribution in [0.4, 0.5) is 5.69 Å². The number of hydrogen-bond donors (Lipinski definition) is 1. The minimum absolute atomic E-state index is 0.0265. The van der Waals surface area contributed by atoms with Crippen molar-refractivity contribution in [3.63, 3.8) is 0 Å². The first-order valence-electron chi connectivity index (χ1n) is 8.73. The number of hydrogen-bond acceptors (Lipinski definition) is 5. The van der Waals surface area contributed by atoms with E-state index in [9.17, 15) is 13.2 Å². The summed E-state index contributed by atoms with van der Waals surface area (Å²) < 4.78 is 25.4. The van der Waals surface area contributed by atoms with Crippen molar-refractivity contribution < 1.29 is 13.2 Å². The van der Waals surface area contributed by atoms with E-state index in [4.69, 9.17) is 12.2 Å². The lowest BCUT2D eigenvalue weighted by Gasteiger charge is -2.33. The number of nitrogens with one attached hydrogen (secondary N) is 1. The highest BCUT2D eigenvalue weighted by Gasteiger charge is 2.29. The summed E-state index contributed by atoms with van der Waals surface area (Å²) in [5, 5.41) is 3.31. The third-order valence-corrected chi connectivity index (χ3v) is 5.15. The molecule has 0 aromatic heterocycles. The molecular weight excluding hydrogens is 370 g/mol. The lowest BCUT2D eigenvalue weighted by Crippen LogP contribution is -2.49. The highest BCUT2D eigenvalue weighted by Crippen LogP contribution is 2.27. The molecule has 0 aliphatic carbocycles. The van der Waals surface area contributed by atoms with Crippen molar-refractivity contribution in [2.75, 3.05) is 7.05 Å². The topological polar surface area (TPSA) is 78.8 Å². The minimum atomic E-state index is -2.54. The van der Waals surface area contributed by atoms with E-state index in [1.165, 1.54) is 0 Å². The molecule has 8 heteroatoms. The van der Waals surface area contributed by atoms with Crippen molar-refractivity contribution in [2.24, 2.45) is 4.36 Å². The highest BCUT2D eigenvalue weighted by atomic mass is 32.2. The standard InChI is InChI=1S/C18H27N3O3S2/c1-6-8-15(7-2)21(18(25)19-5)17(22)13(4)14-10-9-12(3)16(11-14)20-26(23)24/h9-11,13,15H,6-8H2,1-5H3,(H,19,25). The Labute approximate surface area is 162 Å². The molecular formula is C18H27N3O3S2. The summed E-state index contributed by atoms with van der Waals surface area (Å²) in [7, 11) is -0.832. The third kappa shape index (κ3) is 5.60. The molecule has 1 amide bonds. The van der Waals surface area contributed by atoms with E-state index in [0.29, 0.717) is 16.4 Å². The summed E-state index contributed by atoms with van der Waals surface area (Å²) in [5.41, 5.74) is 1.79. The van der Waals surface area contributed by atoms with Crippen molar-refractivity contribution in [3.8, 4) is 0 Å². The van der Waals surface area contributed by atoms with E-state index in [2.05, 4.69) is 16.6 Å². The van der Waals surface area contributed by atoms with Crippen molar-refractivity contribution in [2.45, 2.75) is 58.9 Å². The number of amides is 1. The Morgan fingerprint density at radius 1 is 1.35 bits per heavy atom. The number of carbonyl (C=O) groups is 1. The van der Waals surface area contributed by atoms with Gasteiger partial charge in [0.05, 0.1) is 11.6 Å². The number of carbonyl (C=O) groups excluding carboxylic acids is 1. The van der Waals surface area contributed by atoms with Crippen LogP contribution < -0.4 is 5.32 Å². The van der Waals surface area contributed by atoms with Crippen LogP contribution in [-0.2, 0) is 15.3 Å². The van der Waals surface area contributed by atoms with Gasteiger partial charge in [-0.1, -0.05) is 32.4 Å². The number of thiocarbonyl (C=S) groups is 1. The molecule has 1 N–H and O–H groups in total. The monoisotopic (exact) mass is 397 g/mol. The first kappa shape index (κ1) is 22.2. The number of benzene rings is 1. The van der Waals surface area contributed by atoms with Crippen LogP contribution in [0, 0.1) is 6.92 Å². The van der Waals surface area contributed by atoms with Crippen LogP contribution in [-0.4, -0.2) is 37.4 Å². The molecule has 2 unspecified atom stereocenters. The molecule has 2 atom stereocenters. The van der Waals surface area contributed by atoms with Gasteiger partial charge < -0.3 is 5.32 Å². The Hall–Kier alpha value is -1.80. The van der Waals surface area contributed by atoms with Gasteiger partial charge in [0.15, 0.2) is 5.11 Å². The first-order chi connectivity index (χ1) is 12.3. The molecule has 0 bridgehead atoms. The Morgan fingerprint density at radius 2 is 2.00 bits per heavy atom. The van der Waals surface area contributed by atoms with E-state index in [0.717, 1.165) is 24.8 Å². The highest BCUT2D eigenvalue weighted by molar-refractivity contribution is 7.80. The zero-order chi connectivity index (χ0) is 19.9. The van der Waals surface area contributed by atoms with Gasteiger partial charge in [-0.15, -0.1) is 4.36 Å². The van der Waals surface area contributed by atoms with Crippen molar-refractivity contribution in [1.29, 1.82) is 0 Å². The van der Waals surface area contributed by atoms with Gasteiger partial charge in [-0.2, -0.15) is 8.42 Å². The Morgan fingerprint density at radius 3 is 2.50 bits per heavy atom. The summed E-state index contributed by atoms with van der Waals surface area (Å²) in [6.45, 7) is 7.69. The molecule has 144 valence electrons. The molecule has 6 nitrogen and oxygen atoms in total. The number of aryl methyl sites for hydroxylation is 1. The summed E-state index contributed by atoms with van der Waals surface area (Å²) in [6.07, 6.45) is 2.62. The van der Waals surface area contributed by atoms with Gasteiger partial charge in [0, 0.05) is 13.1 Å². The fraction of sp³-hybridized carbons (Fsp3) is 0.556. The first-order valence-corrected chi connectivity index (χ1v) is 10.2. The van der Waals surface area contributed by atoms with Crippen LogP contribution in [0.15, 0.2) is 22.6 Å². The molecule has 1 aromatic carbocycles. The van der Waals surface area contributed by atoms with Crippen molar-refractivity contribution in [1.82, 2.24) is 10.2 Å². The van der Waals surface area contributed by atoms with E-state index >= 15 is 0 Å². The molecule has 26 heavy (non-hydrogen) atoms. The van der Waals surface area contributed by atoms with Crippen LogP contribution >= 0.6 is 12.2 Å². The lowest BCUT2D eigenvalue weighted by molar-refractivity contribution is -0.130. The average Bonchev–Trinajstić information content (AvgIpc) is 2.61. The van der Waals surface area contributed by atoms with Gasteiger partial charge >= 0.3 is 10.5 Å². The van der Waals surface area contributed by atoms with Gasteiger partial charge in [0.1, 0.15) is 0 Å². The number of rotatable bonds is 7. The second-order valence-electron chi connectivity index (χ2n) is 6.19. The summed E-state index contributed by atoms with van der Waals surface area (Å²) >= 11 is 5.38. The minimum Gasteiger partial charge on any atom is -0.365 e. The van der Waals surface area contributed by atoms with Crippen molar-refractivity contribution in [3.05, 3.63) is 29.3 Å². The normalized spacial score (nSPS) is 12.8. The van der Waals surface area contributed by atoms with Gasteiger partial charge in [-0.05, 0) is 56.1 Å². The maximum atomic E-state index is 13.2. The smallest absolute Gasteiger partial charge is 0.316 e. The summed E-state index contributed by atoms with van der Waals surface area (Å²) in [6, 6.07) is 5.27. The molecule has 1 rings (SSSR count). The molecule has 0 aliphatic heterocycles. The molecule has 0 heterocycles. The zero-order valence-corrected chi connectivity index (χ0v) is 17.6. The summed E-state index contributed by atoms with van der Waals surface area (Å²) in [4.78, 5) is 14.8. The van der Waals surface area contributed by atoms with Gasteiger partial charge in [-0.3, -0.25) is 9.69 Å². The van der Waals surface area contributed by atoms with Crippen LogP contribution in [0.25, 0.3) is 0 Å². The maximum Gasteiger partial charge on any atom is 0.316 e. The van der Waals surface area contributed by atoms with Crippen LogP contribution in [0.3, 0.4) is 0 Å². The molecule has 0 spiro atoms.